The second-order valence-electron chi connectivity index (χ2n) is 11.6. The fraction of sp³-hybridized carbons (Fsp3) is 0.630. The molecule has 0 aliphatic carbocycles. The summed E-state index contributed by atoms with van der Waals surface area (Å²) in [5, 5.41) is 11.1. The molecule has 0 spiro atoms. The Labute approximate surface area is 212 Å². The van der Waals surface area contributed by atoms with E-state index in [0.29, 0.717) is 5.75 Å². The van der Waals surface area contributed by atoms with Crippen LogP contribution in [0.2, 0.25) is 18.1 Å². The van der Waals surface area contributed by atoms with Crippen LogP contribution in [0, 0.1) is 0 Å². The van der Waals surface area contributed by atoms with Crippen molar-refractivity contribution in [1.82, 2.24) is 4.90 Å². The van der Waals surface area contributed by atoms with Crippen LogP contribution in [0.1, 0.15) is 61.8 Å². The number of rotatable bonds is 10. The maximum atomic E-state index is 13.3. The normalized spacial score (nSPS) is 14.0. The number of hydrogen-bond donors (Lipinski definition) is 1. The van der Waals surface area contributed by atoms with Gasteiger partial charge in [0.15, 0.2) is 8.32 Å². The lowest BCUT2D eigenvalue weighted by atomic mass is 10.1. The summed E-state index contributed by atoms with van der Waals surface area (Å²) >= 11 is 0. The van der Waals surface area contributed by atoms with Crippen LogP contribution in [-0.4, -0.2) is 61.3 Å². The first kappa shape index (κ1) is 30.9. The van der Waals surface area contributed by atoms with Crippen LogP contribution in [-0.2, 0) is 14.0 Å². The standard InChI is InChI=1S/C27H45NO6Si/c1-20(2)16-17-28(25(31)33-21-14-12-11-13-15-21)22(19-32-35(9,10)27(6,7)8)23(29)18-24(30)34-26(3,4)5/h11-16,22-23,29H,17-19H2,1-10H3. The zero-order chi connectivity index (χ0) is 27.0. The lowest BCUT2D eigenvalue weighted by Crippen LogP contribution is -2.54. The molecular formula is C27H45NO6Si. The van der Waals surface area contributed by atoms with Gasteiger partial charge in [-0.25, -0.2) is 4.79 Å². The number of ether oxygens (including phenoxy) is 2. The molecular weight excluding hydrogens is 462 g/mol. The number of amides is 1. The molecule has 0 saturated carbocycles. The molecule has 0 heterocycles. The summed E-state index contributed by atoms with van der Waals surface area (Å²) < 4.78 is 17.4. The van der Waals surface area contributed by atoms with Gasteiger partial charge in [-0.2, -0.15) is 0 Å². The van der Waals surface area contributed by atoms with Crippen LogP contribution in [0.15, 0.2) is 42.0 Å². The van der Waals surface area contributed by atoms with E-state index in [0.717, 1.165) is 5.57 Å². The topological polar surface area (TPSA) is 85.3 Å². The number of aliphatic hydroxyl groups is 1. The number of hydrogen-bond acceptors (Lipinski definition) is 6. The quantitative estimate of drug-likeness (QED) is 0.240. The van der Waals surface area contributed by atoms with E-state index < -0.39 is 38.1 Å². The molecule has 7 nitrogen and oxygen atoms in total. The minimum atomic E-state index is -2.21. The molecule has 0 saturated heterocycles. The van der Waals surface area contributed by atoms with Crippen molar-refractivity contribution in [3.05, 3.63) is 42.0 Å². The van der Waals surface area contributed by atoms with Gasteiger partial charge in [0, 0.05) is 6.54 Å². The van der Waals surface area contributed by atoms with E-state index in [1.54, 1.807) is 45.0 Å². The number of carbonyl (C=O) groups excluding carboxylic acids is 2. The van der Waals surface area contributed by atoms with Crippen molar-refractivity contribution in [2.24, 2.45) is 0 Å². The maximum absolute atomic E-state index is 13.3. The third kappa shape index (κ3) is 11.0. The minimum Gasteiger partial charge on any atom is -0.460 e. The van der Waals surface area contributed by atoms with Gasteiger partial charge in [-0.15, -0.1) is 0 Å². The number of aliphatic hydroxyl groups excluding tert-OH is 1. The lowest BCUT2D eigenvalue weighted by Gasteiger charge is -2.40. The average molecular weight is 508 g/mol. The summed E-state index contributed by atoms with van der Waals surface area (Å²) in [6.07, 6.45) is -0.220. The van der Waals surface area contributed by atoms with Crippen molar-refractivity contribution in [3.63, 3.8) is 0 Å². The van der Waals surface area contributed by atoms with Gasteiger partial charge in [0.1, 0.15) is 11.4 Å². The van der Waals surface area contributed by atoms with Crippen molar-refractivity contribution in [2.75, 3.05) is 13.2 Å². The van der Waals surface area contributed by atoms with Gasteiger partial charge in [-0.05, 0) is 64.9 Å². The van der Waals surface area contributed by atoms with Crippen LogP contribution in [0.4, 0.5) is 4.79 Å². The molecule has 0 fully saturated rings. The monoisotopic (exact) mass is 507 g/mol. The van der Waals surface area contributed by atoms with Crippen molar-refractivity contribution in [3.8, 4) is 5.75 Å². The molecule has 2 atom stereocenters. The Morgan fingerprint density at radius 1 is 1.06 bits per heavy atom. The Hall–Kier alpha value is -2.16. The molecule has 0 bridgehead atoms. The van der Waals surface area contributed by atoms with E-state index in [4.69, 9.17) is 13.9 Å². The largest absolute Gasteiger partial charge is 0.460 e. The van der Waals surface area contributed by atoms with E-state index in [-0.39, 0.29) is 24.6 Å². The van der Waals surface area contributed by atoms with Gasteiger partial charge in [0.2, 0.25) is 0 Å². The molecule has 1 N–H and O–H groups in total. The van der Waals surface area contributed by atoms with Gasteiger partial charge in [-0.3, -0.25) is 9.69 Å². The highest BCUT2D eigenvalue weighted by Crippen LogP contribution is 2.37. The second kappa shape index (κ2) is 12.7. The average Bonchev–Trinajstić information content (AvgIpc) is 2.68. The second-order valence-corrected chi connectivity index (χ2v) is 16.4. The van der Waals surface area contributed by atoms with E-state index in [1.165, 1.54) is 4.90 Å². The van der Waals surface area contributed by atoms with E-state index in [2.05, 4.69) is 33.9 Å². The first-order valence-corrected chi connectivity index (χ1v) is 15.0. The Bertz CT molecular complexity index is 851. The highest BCUT2D eigenvalue weighted by molar-refractivity contribution is 6.74. The van der Waals surface area contributed by atoms with Crippen LogP contribution >= 0.6 is 0 Å². The molecule has 0 aromatic heterocycles. The SMILES string of the molecule is CC(C)=CCN(C(=O)Oc1ccccc1)C(CO[Si](C)(C)C(C)(C)C)C(O)CC(=O)OC(C)(C)C. The smallest absolute Gasteiger partial charge is 0.415 e. The third-order valence-corrected chi connectivity index (χ3v) is 10.4. The summed E-state index contributed by atoms with van der Waals surface area (Å²) in [7, 11) is -2.21. The van der Waals surface area contributed by atoms with Crippen molar-refractivity contribution in [2.45, 2.75) is 97.7 Å². The number of benzene rings is 1. The van der Waals surface area contributed by atoms with Crippen LogP contribution in [0.5, 0.6) is 5.75 Å². The molecule has 198 valence electrons. The van der Waals surface area contributed by atoms with Gasteiger partial charge >= 0.3 is 12.1 Å². The predicted octanol–water partition coefficient (Wildman–Crippen LogP) is 5.94. The summed E-state index contributed by atoms with van der Waals surface area (Å²) in [6, 6.07) is 7.95. The van der Waals surface area contributed by atoms with E-state index in [9.17, 15) is 14.7 Å². The molecule has 0 aliphatic heterocycles. The summed E-state index contributed by atoms with van der Waals surface area (Å²) in [6.45, 7) is 20.0. The number of carbonyl (C=O) groups is 2. The third-order valence-electron chi connectivity index (χ3n) is 5.94. The van der Waals surface area contributed by atoms with Crippen molar-refractivity contribution >= 4 is 20.4 Å². The van der Waals surface area contributed by atoms with Crippen LogP contribution < -0.4 is 4.74 Å². The molecule has 1 aromatic carbocycles. The molecule has 8 heteroatoms. The lowest BCUT2D eigenvalue weighted by molar-refractivity contribution is -0.158. The van der Waals surface area contributed by atoms with Crippen LogP contribution in [0.3, 0.4) is 0 Å². The molecule has 35 heavy (non-hydrogen) atoms. The Morgan fingerprint density at radius 2 is 1.63 bits per heavy atom. The minimum absolute atomic E-state index is 0.0665. The predicted molar refractivity (Wildman–Crippen MR) is 142 cm³/mol. The maximum Gasteiger partial charge on any atom is 0.415 e. The highest BCUT2D eigenvalue weighted by atomic mass is 28.4. The Kier molecular flexibility index (Phi) is 11.2. The fourth-order valence-corrected chi connectivity index (χ4v) is 3.90. The highest BCUT2D eigenvalue weighted by Gasteiger charge is 2.40. The van der Waals surface area contributed by atoms with Crippen molar-refractivity contribution < 1.29 is 28.6 Å². The fourth-order valence-electron chi connectivity index (χ4n) is 2.88. The zero-order valence-electron chi connectivity index (χ0n) is 23.2. The molecule has 0 aliphatic rings. The number of esters is 1. The molecule has 2 unspecified atom stereocenters. The molecule has 1 amide bonds. The van der Waals surface area contributed by atoms with Crippen molar-refractivity contribution in [1.29, 1.82) is 0 Å². The van der Waals surface area contributed by atoms with E-state index in [1.807, 2.05) is 26.0 Å². The molecule has 1 rings (SSSR count). The number of allylic oxidation sites excluding steroid dienone is 1. The first-order valence-electron chi connectivity index (χ1n) is 12.1. The first-order chi connectivity index (χ1) is 15.9. The number of nitrogens with zero attached hydrogens (tertiary/aromatic N) is 1. The van der Waals surface area contributed by atoms with Gasteiger partial charge in [0.05, 0.1) is 25.2 Å². The van der Waals surface area contributed by atoms with Gasteiger partial charge in [-0.1, -0.05) is 50.6 Å². The van der Waals surface area contributed by atoms with Gasteiger partial charge < -0.3 is 19.0 Å². The Balaban J connectivity index is 3.30. The van der Waals surface area contributed by atoms with Crippen LogP contribution in [0.25, 0.3) is 0 Å². The Morgan fingerprint density at radius 3 is 2.11 bits per heavy atom. The summed E-state index contributed by atoms with van der Waals surface area (Å²) in [5.41, 5.74) is 0.325. The summed E-state index contributed by atoms with van der Waals surface area (Å²) in [5.74, 6) is -0.147. The van der Waals surface area contributed by atoms with Gasteiger partial charge in [0.25, 0.3) is 0 Å². The molecule has 1 aromatic rings. The van der Waals surface area contributed by atoms with E-state index >= 15 is 0 Å². The zero-order valence-corrected chi connectivity index (χ0v) is 24.2. The summed E-state index contributed by atoms with van der Waals surface area (Å²) in [4.78, 5) is 27.3. The number of para-hydroxylation sites is 1. The molecule has 0 radical (unpaired) electrons.